The van der Waals surface area contributed by atoms with E-state index in [1.54, 1.807) is 38.1 Å². The van der Waals surface area contributed by atoms with Crippen LogP contribution in [0.25, 0.3) is 11.0 Å². The van der Waals surface area contributed by atoms with E-state index in [0.29, 0.717) is 23.0 Å². The van der Waals surface area contributed by atoms with E-state index in [-0.39, 0.29) is 17.1 Å². The highest BCUT2D eigenvalue weighted by molar-refractivity contribution is 7.89. The molecule has 0 aliphatic heterocycles. The van der Waals surface area contributed by atoms with E-state index in [1.165, 1.54) is 18.2 Å². The monoisotopic (exact) mass is 457 g/mol. The number of ether oxygens (including phenoxy) is 1. The first-order valence-electron chi connectivity index (χ1n) is 10.5. The topological polar surface area (TPSA) is 103 Å². The number of carbonyl (C=O) groups excluding carboxylic acids is 1. The summed E-state index contributed by atoms with van der Waals surface area (Å²) in [6, 6.07) is 10.0. The van der Waals surface area contributed by atoms with Crippen molar-refractivity contribution in [2.24, 2.45) is 0 Å². The number of sulfonamides is 1. The molecule has 0 unspecified atom stereocenters. The molecule has 0 saturated carbocycles. The Morgan fingerprint density at radius 3 is 2.41 bits per heavy atom. The number of hydrogen-bond acceptors (Lipinski definition) is 6. The highest BCUT2D eigenvalue weighted by Gasteiger charge is 2.28. The van der Waals surface area contributed by atoms with Gasteiger partial charge in [-0.1, -0.05) is 37.5 Å². The van der Waals surface area contributed by atoms with E-state index in [9.17, 15) is 18.0 Å². The van der Waals surface area contributed by atoms with Crippen LogP contribution in [0.2, 0.25) is 0 Å². The summed E-state index contributed by atoms with van der Waals surface area (Å²) < 4.78 is 39.1. The number of aryl methyl sites for hydroxylation is 3. The third-order valence-electron chi connectivity index (χ3n) is 5.12. The molecule has 3 rings (SSSR count). The van der Waals surface area contributed by atoms with Crippen molar-refractivity contribution in [1.82, 2.24) is 4.72 Å². The first-order chi connectivity index (χ1) is 15.1. The maximum Gasteiger partial charge on any atom is 0.336 e. The lowest BCUT2D eigenvalue weighted by Crippen LogP contribution is -2.43. The van der Waals surface area contributed by atoms with E-state index in [4.69, 9.17) is 9.15 Å². The lowest BCUT2D eigenvalue weighted by atomic mass is 10.1. The smallest absolute Gasteiger partial charge is 0.336 e. The lowest BCUT2D eigenvalue weighted by molar-refractivity contribution is -0.136. The average molecular weight is 458 g/mol. The van der Waals surface area contributed by atoms with Crippen LogP contribution in [0, 0.1) is 20.8 Å². The molecule has 0 spiro atoms. The molecular formula is C24H27NO6S. The summed E-state index contributed by atoms with van der Waals surface area (Å²) in [7, 11) is -3.92. The second-order valence-electron chi connectivity index (χ2n) is 7.93. The normalized spacial score (nSPS) is 12.6. The van der Waals surface area contributed by atoms with Crippen molar-refractivity contribution in [2.75, 3.05) is 0 Å². The van der Waals surface area contributed by atoms with Gasteiger partial charge in [0.15, 0.2) is 0 Å². The van der Waals surface area contributed by atoms with Crippen LogP contribution in [0.4, 0.5) is 0 Å². The van der Waals surface area contributed by atoms with E-state index in [1.807, 2.05) is 13.8 Å². The van der Waals surface area contributed by atoms with Gasteiger partial charge in [-0.2, -0.15) is 4.72 Å². The number of hydrogen-bond donors (Lipinski definition) is 1. The quantitative estimate of drug-likeness (QED) is 0.310. The van der Waals surface area contributed by atoms with Gasteiger partial charge in [-0.25, -0.2) is 18.0 Å². The number of fused-ring (bicyclic) bond motifs is 1. The molecule has 170 valence electrons. The van der Waals surface area contributed by atoms with Gasteiger partial charge >= 0.3 is 11.6 Å². The van der Waals surface area contributed by atoms with Crippen molar-refractivity contribution in [3.05, 3.63) is 69.6 Å². The summed E-state index contributed by atoms with van der Waals surface area (Å²) in [6.45, 7) is 7.33. The Hall–Kier alpha value is -2.97. The molecule has 0 saturated heterocycles. The molecule has 1 atom stereocenters. The van der Waals surface area contributed by atoms with E-state index < -0.39 is 27.7 Å². The van der Waals surface area contributed by atoms with Gasteiger partial charge < -0.3 is 9.15 Å². The number of esters is 1. The minimum absolute atomic E-state index is 0.0797. The van der Waals surface area contributed by atoms with E-state index >= 15 is 0 Å². The molecule has 1 heterocycles. The Morgan fingerprint density at radius 2 is 1.75 bits per heavy atom. The first kappa shape index (κ1) is 23.7. The predicted molar refractivity (Wildman–Crippen MR) is 122 cm³/mol. The van der Waals surface area contributed by atoms with E-state index in [2.05, 4.69) is 4.72 Å². The maximum atomic E-state index is 13.1. The Labute approximate surface area is 187 Å². The number of rotatable bonds is 8. The number of carbonyl (C=O) groups is 1. The summed E-state index contributed by atoms with van der Waals surface area (Å²) in [4.78, 5) is 24.9. The highest BCUT2D eigenvalue weighted by Crippen LogP contribution is 2.30. The van der Waals surface area contributed by atoms with Gasteiger partial charge in [0.05, 0.1) is 10.3 Å². The molecule has 8 heteroatoms. The Morgan fingerprint density at radius 1 is 1.06 bits per heavy atom. The number of unbranched alkanes of at least 4 members (excludes halogenated alkanes) is 1. The second kappa shape index (κ2) is 9.67. The van der Waals surface area contributed by atoms with Crippen molar-refractivity contribution in [1.29, 1.82) is 0 Å². The molecule has 0 aliphatic rings. The molecule has 0 radical (unpaired) electrons. The summed E-state index contributed by atoms with van der Waals surface area (Å²) in [5.74, 6) is -0.492. The fourth-order valence-corrected chi connectivity index (χ4v) is 4.66. The third-order valence-corrected chi connectivity index (χ3v) is 6.61. The van der Waals surface area contributed by atoms with Crippen molar-refractivity contribution >= 4 is 27.0 Å². The third kappa shape index (κ3) is 5.44. The molecule has 3 aromatic rings. The minimum Gasteiger partial charge on any atom is -0.425 e. The largest absolute Gasteiger partial charge is 0.425 e. The number of nitrogens with one attached hydrogen (secondary N) is 1. The van der Waals surface area contributed by atoms with Crippen LogP contribution >= 0.6 is 0 Å². The van der Waals surface area contributed by atoms with Crippen molar-refractivity contribution in [3.8, 4) is 5.75 Å². The van der Waals surface area contributed by atoms with Crippen LogP contribution in [0.1, 0.15) is 42.9 Å². The molecule has 1 aromatic heterocycles. The second-order valence-corrected chi connectivity index (χ2v) is 9.65. The van der Waals surface area contributed by atoms with E-state index in [0.717, 1.165) is 17.5 Å². The van der Waals surface area contributed by atoms with Gasteiger partial charge in [0, 0.05) is 6.07 Å². The van der Waals surface area contributed by atoms with Crippen LogP contribution < -0.4 is 15.1 Å². The standard InChI is InChI=1S/C24H27NO6S/c1-5-6-7-19(25-32(28,29)18-10-8-15(2)9-11-18)24(27)31-21-13-16(3)12-20-23(21)17(4)14-22(26)30-20/h8-14,19,25H,5-7H2,1-4H3/t19-/m1/s1. The molecular weight excluding hydrogens is 430 g/mol. The first-order valence-corrected chi connectivity index (χ1v) is 11.9. The zero-order valence-corrected chi connectivity index (χ0v) is 19.4. The molecule has 0 fully saturated rings. The summed E-state index contributed by atoms with van der Waals surface area (Å²) >= 11 is 0. The zero-order chi connectivity index (χ0) is 23.5. The van der Waals surface area contributed by atoms with Crippen LogP contribution in [-0.4, -0.2) is 20.4 Å². The van der Waals surface area contributed by atoms with Gasteiger partial charge in [0.2, 0.25) is 10.0 Å². The van der Waals surface area contributed by atoms with Crippen LogP contribution in [-0.2, 0) is 14.8 Å². The van der Waals surface area contributed by atoms with Gasteiger partial charge in [0.1, 0.15) is 17.4 Å². The summed E-state index contributed by atoms with van der Waals surface area (Å²) in [5.41, 5.74) is 2.08. The van der Waals surface area contributed by atoms with Gasteiger partial charge in [-0.15, -0.1) is 0 Å². The SMILES string of the molecule is CCCC[C@@H](NS(=O)(=O)c1ccc(C)cc1)C(=O)Oc1cc(C)cc2oc(=O)cc(C)c12. The van der Waals surface area contributed by atoms with Crippen molar-refractivity contribution in [2.45, 2.75) is 57.9 Å². The molecule has 0 bridgehead atoms. The molecule has 0 aliphatic carbocycles. The van der Waals surface area contributed by atoms with Gasteiger partial charge in [-0.05, 0) is 62.6 Å². The Bertz CT molecular complexity index is 1290. The van der Waals surface area contributed by atoms with Crippen LogP contribution in [0.5, 0.6) is 5.75 Å². The Kier molecular flexibility index (Phi) is 7.16. The van der Waals surface area contributed by atoms with Crippen molar-refractivity contribution in [3.63, 3.8) is 0 Å². The predicted octanol–water partition coefficient (Wildman–Crippen LogP) is 4.16. The lowest BCUT2D eigenvalue weighted by Gasteiger charge is -2.18. The Balaban J connectivity index is 1.93. The van der Waals surface area contributed by atoms with Crippen LogP contribution in [0.15, 0.2) is 56.6 Å². The molecule has 2 aromatic carbocycles. The number of benzene rings is 2. The average Bonchev–Trinajstić information content (AvgIpc) is 2.70. The fourth-order valence-electron chi connectivity index (χ4n) is 3.44. The summed E-state index contributed by atoms with van der Waals surface area (Å²) in [6.07, 6.45) is 1.71. The molecule has 7 nitrogen and oxygen atoms in total. The van der Waals surface area contributed by atoms with Crippen molar-refractivity contribution < 1.29 is 22.4 Å². The zero-order valence-electron chi connectivity index (χ0n) is 18.6. The van der Waals surface area contributed by atoms with Crippen LogP contribution in [0.3, 0.4) is 0 Å². The summed E-state index contributed by atoms with van der Waals surface area (Å²) in [5, 5.41) is 0.499. The van der Waals surface area contributed by atoms with Gasteiger partial charge in [0.25, 0.3) is 0 Å². The highest BCUT2D eigenvalue weighted by atomic mass is 32.2. The minimum atomic E-state index is -3.92. The maximum absolute atomic E-state index is 13.1. The molecule has 0 amide bonds. The van der Waals surface area contributed by atoms with Gasteiger partial charge in [-0.3, -0.25) is 0 Å². The molecule has 32 heavy (non-hydrogen) atoms. The molecule has 1 N–H and O–H groups in total. The fraction of sp³-hybridized carbons (Fsp3) is 0.333.